The van der Waals surface area contributed by atoms with Crippen molar-refractivity contribution in [2.75, 3.05) is 13.1 Å². The molecule has 0 spiro atoms. The minimum absolute atomic E-state index is 0.0254. The molecule has 0 bridgehead atoms. The molecule has 1 aromatic heterocycles. The zero-order valence-electron chi connectivity index (χ0n) is 12.0. The van der Waals surface area contributed by atoms with Crippen LogP contribution in [-0.2, 0) is 4.79 Å². The fourth-order valence-electron chi connectivity index (χ4n) is 2.46. The molecule has 2 N–H and O–H groups in total. The van der Waals surface area contributed by atoms with Crippen LogP contribution in [0.4, 0.5) is 0 Å². The van der Waals surface area contributed by atoms with Crippen LogP contribution < -0.4 is 10.6 Å². The van der Waals surface area contributed by atoms with Crippen LogP contribution in [-0.4, -0.2) is 24.0 Å². The molecule has 1 aromatic carbocycles. The topological polar surface area (TPSA) is 54.0 Å². The first kappa shape index (κ1) is 14.2. The molecule has 0 radical (unpaired) electrons. The number of nitrogens with one attached hydrogen (secondary N) is 2. The van der Waals surface area contributed by atoms with Gasteiger partial charge in [0.05, 0.1) is 0 Å². The molecule has 1 aliphatic heterocycles. The molecule has 4 nitrogen and oxygen atoms in total. The van der Waals surface area contributed by atoms with Gasteiger partial charge in [0.15, 0.2) is 0 Å². The first-order valence-electron chi connectivity index (χ1n) is 7.21. The Bertz CT molecular complexity index is 581. The van der Waals surface area contributed by atoms with E-state index in [0.717, 1.165) is 23.7 Å². The second-order valence-corrected chi connectivity index (χ2v) is 6.36. The molecule has 2 atom stereocenters. The van der Waals surface area contributed by atoms with E-state index in [1.54, 1.807) is 17.5 Å². The maximum atomic E-state index is 12.5. The van der Waals surface area contributed by atoms with E-state index in [9.17, 15) is 4.79 Å². The van der Waals surface area contributed by atoms with Crippen LogP contribution in [0, 0.1) is 11.8 Å². The monoisotopic (exact) mass is 301 g/mol. The summed E-state index contributed by atoms with van der Waals surface area (Å²) in [5.41, 5.74) is 1.07. The molecule has 110 valence electrons. The molecular formula is C16H19N3OS. The van der Waals surface area contributed by atoms with E-state index >= 15 is 0 Å². The van der Waals surface area contributed by atoms with Gasteiger partial charge in [0.1, 0.15) is 11.0 Å². The summed E-state index contributed by atoms with van der Waals surface area (Å²) in [5.74, 6) is 0.570. The van der Waals surface area contributed by atoms with E-state index in [-0.39, 0.29) is 17.9 Å². The predicted octanol–water partition coefficient (Wildman–Crippen LogP) is 2.20. The Balaban J connectivity index is 1.78. The Morgan fingerprint density at radius 3 is 2.71 bits per heavy atom. The minimum atomic E-state index is -0.158. The molecule has 2 heterocycles. The third kappa shape index (κ3) is 3.14. The van der Waals surface area contributed by atoms with E-state index in [0.29, 0.717) is 5.92 Å². The van der Waals surface area contributed by atoms with E-state index in [1.165, 1.54) is 0 Å². The maximum Gasteiger partial charge on any atom is 0.224 e. The normalized spacial score (nSPS) is 17.8. The Morgan fingerprint density at radius 2 is 2.14 bits per heavy atom. The van der Waals surface area contributed by atoms with Crippen molar-refractivity contribution >= 4 is 17.2 Å². The molecule has 0 saturated carbocycles. The Labute approximate surface area is 128 Å². The largest absolute Gasteiger partial charge is 0.342 e. The van der Waals surface area contributed by atoms with Gasteiger partial charge in [-0.3, -0.25) is 4.79 Å². The van der Waals surface area contributed by atoms with Gasteiger partial charge in [0.25, 0.3) is 0 Å². The van der Waals surface area contributed by atoms with Crippen LogP contribution in [0.3, 0.4) is 0 Å². The highest BCUT2D eigenvalue weighted by atomic mass is 32.1. The summed E-state index contributed by atoms with van der Waals surface area (Å²) in [5, 5.41) is 9.25. The lowest BCUT2D eigenvalue weighted by Crippen LogP contribution is -2.50. The van der Waals surface area contributed by atoms with Gasteiger partial charge in [-0.25, -0.2) is 4.98 Å². The molecular weight excluding hydrogens is 282 g/mol. The Morgan fingerprint density at radius 1 is 1.38 bits per heavy atom. The fourth-order valence-corrected chi connectivity index (χ4v) is 3.18. The second-order valence-electron chi connectivity index (χ2n) is 5.43. The smallest absolute Gasteiger partial charge is 0.224 e. The molecule has 21 heavy (non-hydrogen) atoms. The van der Waals surface area contributed by atoms with Crippen molar-refractivity contribution in [1.82, 2.24) is 15.6 Å². The summed E-state index contributed by atoms with van der Waals surface area (Å²) < 4.78 is 0. The lowest BCUT2D eigenvalue weighted by atomic mass is 9.88. The Hall–Kier alpha value is -1.72. The van der Waals surface area contributed by atoms with Gasteiger partial charge in [-0.05, 0) is 24.6 Å². The maximum absolute atomic E-state index is 12.5. The van der Waals surface area contributed by atoms with E-state index in [1.807, 2.05) is 42.6 Å². The number of nitrogens with zero attached hydrogens (tertiary/aromatic N) is 1. The SMILES string of the molecule is CC(C(=O)NC(c1ccccc1)c1nccs1)C1CNC1. The number of amides is 1. The first-order valence-corrected chi connectivity index (χ1v) is 8.09. The van der Waals surface area contributed by atoms with Crippen molar-refractivity contribution in [3.05, 3.63) is 52.5 Å². The molecule has 1 amide bonds. The highest BCUT2D eigenvalue weighted by Crippen LogP contribution is 2.25. The lowest BCUT2D eigenvalue weighted by Gasteiger charge is -2.32. The average Bonchev–Trinajstić information content (AvgIpc) is 2.97. The van der Waals surface area contributed by atoms with Crippen LogP contribution in [0.2, 0.25) is 0 Å². The number of aromatic nitrogens is 1. The van der Waals surface area contributed by atoms with Gasteiger partial charge in [0.2, 0.25) is 5.91 Å². The second kappa shape index (κ2) is 6.37. The van der Waals surface area contributed by atoms with Crippen LogP contribution >= 0.6 is 11.3 Å². The van der Waals surface area contributed by atoms with Crippen molar-refractivity contribution in [2.45, 2.75) is 13.0 Å². The molecule has 3 rings (SSSR count). The van der Waals surface area contributed by atoms with Gasteiger partial charge < -0.3 is 10.6 Å². The average molecular weight is 301 g/mol. The first-order chi connectivity index (χ1) is 10.3. The zero-order valence-corrected chi connectivity index (χ0v) is 12.8. The summed E-state index contributed by atoms with van der Waals surface area (Å²) >= 11 is 1.57. The third-order valence-electron chi connectivity index (χ3n) is 4.05. The molecule has 1 saturated heterocycles. The Kier molecular flexibility index (Phi) is 4.31. The minimum Gasteiger partial charge on any atom is -0.342 e. The number of hydrogen-bond donors (Lipinski definition) is 2. The number of carbonyl (C=O) groups excluding carboxylic acids is 1. The van der Waals surface area contributed by atoms with Gasteiger partial charge >= 0.3 is 0 Å². The summed E-state index contributed by atoms with van der Waals surface area (Å²) in [6.45, 7) is 3.87. The van der Waals surface area contributed by atoms with Crippen LogP contribution in [0.5, 0.6) is 0 Å². The summed E-state index contributed by atoms with van der Waals surface area (Å²) in [7, 11) is 0. The van der Waals surface area contributed by atoms with E-state index in [4.69, 9.17) is 0 Å². The fraction of sp³-hybridized carbons (Fsp3) is 0.375. The van der Waals surface area contributed by atoms with Gasteiger partial charge in [-0.1, -0.05) is 37.3 Å². The lowest BCUT2D eigenvalue weighted by molar-refractivity contribution is -0.127. The van der Waals surface area contributed by atoms with Gasteiger partial charge in [-0.2, -0.15) is 0 Å². The molecule has 1 aliphatic rings. The van der Waals surface area contributed by atoms with Crippen LogP contribution in [0.1, 0.15) is 23.5 Å². The van der Waals surface area contributed by atoms with E-state index < -0.39 is 0 Å². The number of hydrogen-bond acceptors (Lipinski definition) is 4. The van der Waals surface area contributed by atoms with Crippen molar-refractivity contribution < 1.29 is 4.79 Å². The van der Waals surface area contributed by atoms with Crippen molar-refractivity contribution in [3.8, 4) is 0 Å². The number of benzene rings is 1. The van der Waals surface area contributed by atoms with E-state index in [2.05, 4.69) is 15.6 Å². The summed E-state index contributed by atoms with van der Waals surface area (Å²) in [6.07, 6.45) is 1.78. The summed E-state index contributed by atoms with van der Waals surface area (Å²) in [6, 6.07) is 9.86. The quantitative estimate of drug-likeness (QED) is 0.890. The molecule has 0 aliphatic carbocycles. The molecule has 1 fully saturated rings. The van der Waals surface area contributed by atoms with Crippen molar-refractivity contribution in [1.29, 1.82) is 0 Å². The predicted molar refractivity (Wildman–Crippen MR) is 84.1 cm³/mol. The standard InChI is InChI=1S/C16H19N3OS/c1-11(13-9-17-10-13)15(20)19-14(16-18-7-8-21-16)12-5-3-2-4-6-12/h2-8,11,13-14,17H,9-10H2,1H3,(H,19,20). The highest BCUT2D eigenvalue weighted by molar-refractivity contribution is 7.09. The number of rotatable bonds is 5. The van der Waals surface area contributed by atoms with Crippen LogP contribution in [0.15, 0.2) is 41.9 Å². The zero-order chi connectivity index (χ0) is 14.7. The highest BCUT2D eigenvalue weighted by Gasteiger charge is 2.30. The molecule has 2 aromatic rings. The molecule has 5 heteroatoms. The number of thiazole rings is 1. The van der Waals surface area contributed by atoms with Crippen molar-refractivity contribution in [2.24, 2.45) is 11.8 Å². The molecule has 2 unspecified atom stereocenters. The number of carbonyl (C=O) groups is 1. The third-order valence-corrected chi connectivity index (χ3v) is 4.89. The van der Waals surface area contributed by atoms with Gasteiger partial charge in [0, 0.05) is 17.5 Å². The van der Waals surface area contributed by atoms with Gasteiger partial charge in [-0.15, -0.1) is 11.3 Å². The van der Waals surface area contributed by atoms with Crippen LogP contribution in [0.25, 0.3) is 0 Å². The summed E-state index contributed by atoms with van der Waals surface area (Å²) in [4.78, 5) is 16.9. The van der Waals surface area contributed by atoms with Crippen molar-refractivity contribution in [3.63, 3.8) is 0 Å².